The average molecular weight is 522 g/mol. The van der Waals surface area contributed by atoms with Gasteiger partial charge in [-0.05, 0) is 73.1 Å². The number of aromatic nitrogens is 1. The van der Waals surface area contributed by atoms with Crippen molar-refractivity contribution in [1.29, 1.82) is 0 Å². The van der Waals surface area contributed by atoms with E-state index in [1.165, 1.54) is 5.57 Å². The zero-order valence-electron chi connectivity index (χ0n) is 23.5. The molecular formula is C34H39N3O2. The van der Waals surface area contributed by atoms with Crippen LogP contribution in [0.3, 0.4) is 0 Å². The highest BCUT2D eigenvalue weighted by Crippen LogP contribution is 2.48. The Kier molecular flexibility index (Phi) is 8.12. The molecule has 1 aliphatic rings. The van der Waals surface area contributed by atoms with Crippen LogP contribution in [0.15, 0.2) is 91.1 Å². The summed E-state index contributed by atoms with van der Waals surface area (Å²) in [5.74, 6) is 0.142. The van der Waals surface area contributed by atoms with Gasteiger partial charge in [-0.25, -0.2) is 4.98 Å². The van der Waals surface area contributed by atoms with Gasteiger partial charge in [0, 0.05) is 37.3 Å². The van der Waals surface area contributed by atoms with Crippen LogP contribution < -0.4 is 4.74 Å². The summed E-state index contributed by atoms with van der Waals surface area (Å²) in [4.78, 5) is 9.25. The van der Waals surface area contributed by atoms with Crippen molar-refractivity contribution in [2.75, 3.05) is 47.9 Å². The molecule has 1 aromatic heterocycles. The molecule has 5 rings (SSSR count). The molecule has 0 bridgehead atoms. The topological polar surface area (TPSA) is 48.8 Å². The summed E-state index contributed by atoms with van der Waals surface area (Å²) in [5.41, 5.74) is 3.99. The summed E-state index contributed by atoms with van der Waals surface area (Å²) in [7, 11) is 7.91. The molecule has 5 nitrogen and oxygen atoms in total. The van der Waals surface area contributed by atoms with E-state index in [1.807, 2.05) is 36.5 Å². The lowest BCUT2D eigenvalue weighted by Crippen LogP contribution is -2.38. The molecule has 1 aliphatic heterocycles. The lowest BCUT2D eigenvalue weighted by molar-refractivity contribution is 0.00514. The van der Waals surface area contributed by atoms with Crippen molar-refractivity contribution in [1.82, 2.24) is 14.8 Å². The van der Waals surface area contributed by atoms with Crippen LogP contribution in [0.2, 0.25) is 0 Å². The minimum Gasteiger partial charge on any atom is -0.481 e. The Bertz CT molecular complexity index is 1440. The summed E-state index contributed by atoms with van der Waals surface area (Å²) < 4.78 is 5.89. The van der Waals surface area contributed by atoms with Crippen LogP contribution in [0.5, 0.6) is 5.88 Å². The first-order chi connectivity index (χ1) is 18.9. The zero-order chi connectivity index (χ0) is 27.4. The molecule has 0 fully saturated rings. The first kappa shape index (κ1) is 27.1. The zero-order valence-corrected chi connectivity index (χ0v) is 23.5. The predicted octanol–water partition coefficient (Wildman–Crippen LogP) is 5.93. The lowest BCUT2D eigenvalue weighted by atomic mass is 9.70. The highest BCUT2D eigenvalue weighted by molar-refractivity contribution is 5.86. The number of ether oxygens (including phenoxy) is 1. The van der Waals surface area contributed by atoms with Crippen LogP contribution in [-0.2, 0) is 5.60 Å². The van der Waals surface area contributed by atoms with Crippen LogP contribution in [-0.4, -0.2) is 67.8 Å². The fourth-order valence-corrected chi connectivity index (χ4v) is 5.84. The summed E-state index contributed by atoms with van der Waals surface area (Å²) in [6.45, 7) is 2.65. The van der Waals surface area contributed by atoms with Crippen LogP contribution in [0, 0.1) is 0 Å². The Morgan fingerprint density at radius 3 is 2.49 bits per heavy atom. The Balaban J connectivity index is 1.77. The number of likely N-dealkylation sites (N-methyl/N-ethyl adjacent to an activating group) is 1. The largest absolute Gasteiger partial charge is 0.481 e. The number of fused-ring (bicyclic) bond motifs is 1. The van der Waals surface area contributed by atoms with Gasteiger partial charge in [0.05, 0.1) is 7.11 Å². The van der Waals surface area contributed by atoms with Gasteiger partial charge in [0.25, 0.3) is 0 Å². The summed E-state index contributed by atoms with van der Waals surface area (Å²) >= 11 is 0. The second-order valence-corrected chi connectivity index (χ2v) is 10.9. The van der Waals surface area contributed by atoms with Gasteiger partial charge in [0.1, 0.15) is 5.60 Å². The first-order valence-electron chi connectivity index (χ1n) is 13.7. The standard InChI is InChI=1S/C34H39N3O2/c1-36(2)22-19-34(38,31-16-10-14-26-11-8-9-15-29(26)31)32(27-12-6-5-7-13-27)30-23-28(24-35-33(30)39-4)25-17-20-37(3)21-18-25/h5-17,23-24,32,38H,18-22H2,1-4H3. The van der Waals surface area contributed by atoms with Gasteiger partial charge in [-0.2, -0.15) is 0 Å². The third-order valence-electron chi connectivity index (χ3n) is 7.97. The molecule has 3 aromatic carbocycles. The monoisotopic (exact) mass is 521 g/mol. The highest BCUT2D eigenvalue weighted by atomic mass is 16.5. The van der Waals surface area contributed by atoms with E-state index in [1.54, 1.807) is 7.11 Å². The molecule has 202 valence electrons. The van der Waals surface area contributed by atoms with Gasteiger partial charge in [0.2, 0.25) is 5.88 Å². The molecule has 2 unspecified atom stereocenters. The maximum Gasteiger partial charge on any atom is 0.217 e. The number of hydrogen-bond donors (Lipinski definition) is 1. The number of methoxy groups -OCH3 is 1. The highest BCUT2D eigenvalue weighted by Gasteiger charge is 2.43. The molecule has 39 heavy (non-hydrogen) atoms. The third kappa shape index (κ3) is 5.62. The Morgan fingerprint density at radius 2 is 1.77 bits per heavy atom. The molecule has 0 saturated carbocycles. The minimum absolute atomic E-state index is 0.404. The number of benzene rings is 3. The first-order valence-corrected chi connectivity index (χ1v) is 13.7. The van der Waals surface area contributed by atoms with Crippen molar-refractivity contribution in [3.05, 3.63) is 113 Å². The molecule has 1 N–H and O–H groups in total. The van der Waals surface area contributed by atoms with Gasteiger partial charge in [-0.1, -0.05) is 78.9 Å². The number of rotatable bonds is 9. The van der Waals surface area contributed by atoms with Crippen molar-refractivity contribution in [2.24, 2.45) is 0 Å². The van der Waals surface area contributed by atoms with Crippen molar-refractivity contribution in [3.8, 4) is 5.88 Å². The second kappa shape index (κ2) is 11.7. The second-order valence-electron chi connectivity index (χ2n) is 10.9. The van der Waals surface area contributed by atoms with E-state index in [0.29, 0.717) is 12.3 Å². The van der Waals surface area contributed by atoms with E-state index in [0.717, 1.165) is 59.1 Å². The SMILES string of the molecule is COc1ncc(C2=CCN(C)CC2)cc1C(c1ccccc1)C(O)(CCN(C)C)c1cccc2ccccc12. The van der Waals surface area contributed by atoms with Gasteiger partial charge in [-0.3, -0.25) is 0 Å². The van der Waals surface area contributed by atoms with Crippen LogP contribution in [0.25, 0.3) is 16.3 Å². The number of pyridine rings is 1. The predicted molar refractivity (Wildman–Crippen MR) is 160 cm³/mol. The van der Waals surface area contributed by atoms with Gasteiger partial charge < -0.3 is 19.6 Å². The normalized spacial score (nSPS) is 16.6. The van der Waals surface area contributed by atoms with Crippen molar-refractivity contribution >= 4 is 16.3 Å². The van der Waals surface area contributed by atoms with Crippen molar-refractivity contribution in [3.63, 3.8) is 0 Å². The Labute approximate surface area is 232 Å². The average Bonchev–Trinajstić information content (AvgIpc) is 2.97. The number of nitrogens with zero attached hydrogens (tertiary/aromatic N) is 3. The van der Waals surface area contributed by atoms with E-state index >= 15 is 0 Å². The quantitative estimate of drug-likeness (QED) is 0.296. The summed E-state index contributed by atoms with van der Waals surface area (Å²) in [6, 6.07) is 27.1. The Hall–Kier alpha value is -3.51. The van der Waals surface area contributed by atoms with Crippen LogP contribution in [0.4, 0.5) is 0 Å². The van der Waals surface area contributed by atoms with E-state index in [-0.39, 0.29) is 0 Å². The molecular weight excluding hydrogens is 482 g/mol. The molecule has 0 radical (unpaired) electrons. The number of aliphatic hydroxyl groups is 1. The van der Waals surface area contributed by atoms with E-state index in [2.05, 4.69) is 85.5 Å². The van der Waals surface area contributed by atoms with Gasteiger partial charge in [0.15, 0.2) is 0 Å². The lowest BCUT2D eigenvalue weighted by Gasteiger charge is -2.39. The summed E-state index contributed by atoms with van der Waals surface area (Å²) in [6.07, 6.45) is 5.71. The summed E-state index contributed by atoms with van der Waals surface area (Å²) in [5, 5.41) is 15.3. The molecule has 5 heteroatoms. The third-order valence-corrected chi connectivity index (χ3v) is 7.97. The maximum atomic E-state index is 13.1. The smallest absolute Gasteiger partial charge is 0.217 e. The van der Waals surface area contributed by atoms with Crippen molar-refractivity contribution < 1.29 is 9.84 Å². The molecule has 0 spiro atoms. The fourth-order valence-electron chi connectivity index (χ4n) is 5.84. The molecule has 0 amide bonds. The van der Waals surface area contributed by atoms with Crippen LogP contribution in [0.1, 0.15) is 41.0 Å². The molecule has 2 atom stereocenters. The van der Waals surface area contributed by atoms with E-state index in [9.17, 15) is 5.11 Å². The molecule has 0 saturated heterocycles. The fraction of sp³-hybridized carbons (Fsp3) is 0.324. The molecule has 2 heterocycles. The van der Waals surface area contributed by atoms with E-state index < -0.39 is 11.5 Å². The van der Waals surface area contributed by atoms with Crippen molar-refractivity contribution in [2.45, 2.75) is 24.4 Å². The molecule has 0 aliphatic carbocycles. The van der Waals surface area contributed by atoms with Gasteiger partial charge in [-0.15, -0.1) is 0 Å². The van der Waals surface area contributed by atoms with Gasteiger partial charge >= 0.3 is 0 Å². The Morgan fingerprint density at radius 1 is 1.03 bits per heavy atom. The minimum atomic E-state index is -1.23. The van der Waals surface area contributed by atoms with E-state index in [4.69, 9.17) is 9.72 Å². The molecule has 4 aromatic rings. The maximum absolute atomic E-state index is 13.1. The number of hydrogen-bond acceptors (Lipinski definition) is 5. The van der Waals surface area contributed by atoms with Crippen LogP contribution >= 0.6 is 0 Å².